The van der Waals surface area contributed by atoms with Crippen molar-refractivity contribution >= 4 is 23.1 Å². The number of piperidine rings is 1. The topological polar surface area (TPSA) is 77.7 Å². The summed E-state index contributed by atoms with van der Waals surface area (Å²) >= 11 is 0. The highest BCUT2D eigenvalue weighted by molar-refractivity contribution is 6.04. The van der Waals surface area contributed by atoms with E-state index in [-0.39, 0.29) is 20.8 Å². The second-order valence-corrected chi connectivity index (χ2v) is 8.66. The Morgan fingerprint density at radius 1 is 1.16 bits per heavy atom. The number of rotatable bonds is 2. The van der Waals surface area contributed by atoms with Crippen molar-refractivity contribution in [3.63, 3.8) is 0 Å². The third kappa shape index (κ3) is 5.69. The van der Waals surface area contributed by atoms with Crippen molar-refractivity contribution < 1.29 is 4.79 Å². The number of fused-ring (bicyclic) bond motifs is 1. The number of hydrogen-bond donors (Lipinski definition) is 2. The minimum absolute atomic E-state index is 0. The summed E-state index contributed by atoms with van der Waals surface area (Å²) in [4.78, 5) is 24.0. The molecule has 2 fully saturated rings. The molecule has 1 saturated heterocycles. The molecule has 1 saturated carbocycles. The lowest BCUT2D eigenvalue weighted by atomic mass is 9.94. The van der Waals surface area contributed by atoms with Crippen LogP contribution in [0.1, 0.15) is 58.6 Å². The molecule has 0 unspecified atom stereocenters. The number of H-pyrrole nitrogens is 1. The lowest BCUT2D eigenvalue weighted by molar-refractivity contribution is -0.132. The lowest BCUT2D eigenvalue weighted by Gasteiger charge is -2.33. The van der Waals surface area contributed by atoms with Crippen molar-refractivity contribution in [2.24, 2.45) is 10.4 Å². The number of anilines is 2. The van der Waals surface area contributed by atoms with Crippen LogP contribution in [0.2, 0.25) is 0 Å². The maximum atomic E-state index is 12.3. The number of amides is 1. The monoisotopic (exact) mass is 425 g/mol. The van der Waals surface area contributed by atoms with E-state index >= 15 is 0 Å². The molecule has 3 aliphatic rings. The minimum atomic E-state index is 0. The smallest absolute Gasteiger partial charge is 0.227 e. The SMILES string of the molecule is C.C.CC1=NCN(C)c2[nH]ccc21.Nc1ccc(CC(=O)N2CCCC3(CC3)C2)cc1. The zero-order valence-electron chi connectivity index (χ0n) is 17.4. The Labute approximate surface area is 187 Å². The molecule has 1 spiro atoms. The zero-order valence-corrected chi connectivity index (χ0v) is 17.4. The molecule has 0 atom stereocenters. The van der Waals surface area contributed by atoms with Gasteiger partial charge in [-0.2, -0.15) is 0 Å². The van der Waals surface area contributed by atoms with Crippen LogP contribution in [0.5, 0.6) is 0 Å². The average Bonchev–Trinajstić information content (AvgIpc) is 3.26. The molecule has 0 bridgehead atoms. The summed E-state index contributed by atoms with van der Waals surface area (Å²) in [6.45, 7) is 4.73. The maximum absolute atomic E-state index is 12.3. The Morgan fingerprint density at radius 3 is 2.52 bits per heavy atom. The molecule has 2 aliphatic heterocycles. The number of aromatic nitrogens is 1. The summed E-state index contributed by atoms with van der Waals surface area (Å²) in [6, 6.07) is 9.68. The fourth-order valence-corrected chi connectivity index (χ4v) is 4.26. The Bertz CT molecular complexity index is 895. The number of carbonyl (C=O) groups excluding carboxylic acids is 1. The molecular weight excluding hydrogens is 386 g/mol. The van der Waals surface area contributed by atoms with Crippen molar-refractivity contribution in [2.45, 2.75) is 53.9 Å². The van der Waals surface area contributed by atoms with Crippen molar-refractivity contribution in [2.75, 3.05) is 37.4 Å². The molecule has 170 valence electrons. The summed E-state index contributed by atoms with van der Waals surface area (Å²) in [7, 11) is 2.03. The van der Waals surface area contributed by atoms with E-state index in [1.807, 2.05) is 44.4 Å². The van der Waals surface area contributed by atoms with Gasteiger partial charge in [0.15, 0.2) is 0 Å². The first-order valence-corrected chi connectivity index (χ1v) is 10.5. The molecule has 1 aromatic carbocycles. The van der Waals surface area contributed by atoms with E-state index in [1.54, 1.807) is 0 Å². The van der Waals surface area contributed by atoms with Crippen LogP contribution >= 0.6 is 0 Å². The molecular formula is C25H39N5O. The van der Waals surface area contributed by atoms with Gasteiger partial charge >= 0.3 is 0 Å². The first-order valence-electron chi connectivity index (χ1n) is 10.5. The van der Waals surface area contributed by atoms with Gasteiger partial charge in [0.05, 0.1) is 6.42 Å². The molecule has 6 heteroatoms. The van der Waals surface area contributed by atoms with Gasteiger partial charge in [-0.15, -0.1) is 0 Å². The van der Waals surface area contributed by atoms with Crippen LogP contribution in [0.4, 0.5) is 11.5 Å². The Balaban J connectivity index is 0.000000228. The number of nitrogens with zero attached hydrogens (tertiary/aromatic N) is 3. The van der Waals surface area contributed by atoms with Crippen molar-refractivity contribution in [1.29, 1.82) is 0 Å². The first-order chi connectivity index (χ1) is 14.0. The number of nitrogens with two attached hydrogens (primary N) is 1. The fraction of sp³-hybridized carbons (Fsp3) is 0.520. The molecule has 1 aromatic heterocycles. The highest BCUT2D eigenvalue weighted by Crippen LogP contribution is 2.52. The van der Waals surface area contributed by atoms with Crippen molar-refractivity contribution in [3.8, 4) is 0 Å². The summed E-state index contributed by atoms with van der Waals surface area (Å²) in [5, 5.41) is 0. The fourth-order valence-electron chi connectivity index (χ4n) is 4.26. The predicted octanol–water partition coefficient (Wildman–Crippen LogP) is 4.72. The lowest BCUT2D eigenvalue weighted by Crippen LogP contribution is -2.41. The number of aromatic amines is 1. The molecule has 3 N–H and O–H groups in total. The molecule has 5 rings (SSSR count). The molecule has 2 aromatic rings. The Hall–Kier alpha value is -2.76. The molecule has 6 nitrogen and oxygen atoms in total. The van der Waals surface area contributed by atoms with Crippen LogP contribution in [-0.4, -0.2) is 48.3 Å². The Kier molecular flexibility index (Phi) is 7.93. The van der Waals surface area contributed by atoms with Gasteiger partial charge in [0.1, 0.15) is 12.5 Å². The second-order valence-electron chi connectivity index (χ2n) is 8.66. The average molecular weight is 426 g/mol. The number of aliphatic imine (C=N–C) groups is 1. The number of nitrogens with one attached hydrogen (secondary N) is 1. The van der Waals surface area contributed by atoms with Gasteiger partial charge in [0.2, 0.25) is 5.91 Å². The highest BCUT2D eigenvalue weighted by atomic mass is 16.2. The molecule has 0 radical (unpaired) electrons. The molecule has 1 aliphatic carbocycles. The van der Waals surface area contributed by atoms with E-state index in [0.717, 1.165) is 36.7 Å². The van der Waals surface area contributed by atoms with E-state index in [9.17, 15) is 4.79 Å². The highest BCUT2D eigenvalue weighted by Gasteiger charge is 2.46. The second kappa shape index (κ2) is 10.0. The van der Waals surface area contributed by atoms with Gasteiger partial charge in [-0.3, -0.25) is 9.79 Å². The van der Waals surface area contributed by atoms with E-state index in [0.29, 0.717) is 11.8 Å². The van der Waals surface area contributed by atoms with E-state index in [2.05, 4.69) is 25.8 Å². The first kappa shape index (κ1) is 24.5. The third-order valence-corrected chi connectivity index (χ3v) is 6.32. The zero-order chi connectivity index (χ0) is 20.4. The largest absolute Gasteiger partial charge is 0.399 e. The minimum Gasteiger partial charge on any atom is -0.399 e. The Morgan fingerprint density at radius 2 is 1.87 bits per heavy atom. The maximum Gasteiger partial charge on any atom is 0.227 e. The van der Waals surface area contributed by atoms with Gasteiger partial charge in [-0.05, 0) is 61.8 Å². The van der Waals surface area contributed by atoms with Crippen molar-refractivity contribution in [3.05, 3.63) is 47.7 Å². The van der Waals surface area contributed by atoms with Gasteiger partial charge < -0.3 is 20.5 Å². The number of hydrogen-bond acceptors (Lipinski definition) is 4. The quantitative estimate of drug-likeness (QED) is 0.684. The standard InChI is InChI=1S/C15H20N2O.C8H11N3.2CH4/c16-13-4-2-12(3-5-13)10-14(18)17-9-1-6-15(11-17)7-8-15;1-6-7-3-4-9-8(7)11(2)5-10-6;;/h2-5H,1,6-11,16H2;3-4,9H,5H2,1-2H3;2*1H4. The van der Waals surface area contributed by atoms with Crippen LogP contribution in [-0.2, 0) is 11.2 Å². The third-order valence-electron chi connectivity index (χ3n) is 6.32. The van der Waals surface area contributed by atoms with Crippen LogP contribution in [0.25, 0.3) is 0 Å². The summed E-state index contributed by atoms with van der Waals surface area (Å²) in [5.41, 5.74) is 10.3. The van der Waals surface area contributed by atoms with Gasteiger partial charge in [-0.1, -0.05) is 27.0 Å². The number of nitrogen functional groups attached to an aromatic ring is 1. The summed E-state index contributed by atoms with van der Waals surface area (Å²) in [5.74, 6) is 1.45. The van der Waals surface area contributed by atoms with E-state index in [4.69, 9.17) is 5.73 Å². The van der Waals surface area contributed by atoms with Gasteiger partial charge in [0.25, 0.3) is 0 Å². The molecule has 1 amide bonds. The number of likely N-dealkylation sites (tertiary alicyclic amines) is 1. The van der Waals surface area contributed by atoms with Crippen molar-refractivity contribution in [1.82, 2.24) is 9.88 Å². The van der Waals surface area contributed by atoms with Crippen LogP contribution in [0, 0.1) is 5.41 Å². The van der Waals surface area contributed by atoms with Gasteiger partial charge in [-0.25, -0.2) is 0 Å². The predicted molar refractivity (Wildman–Crippen MR) is 132 cm³/mol. The summed E-state index contributed by atoms with van der Waals surface area (Å²) in [6.07, 6.45) is 7.59. The number of benzene rings is 1. The van der Waals surface area contributed by atoms with Crippen LogP contribution in [0.15, 0.2) is 41.5 Å². The number of carbonyl (C=O) groups is 1. The van der Waals surface area contributed by atoms with Crippen LogP contribution in [0.3, 0.4) is 0 Å². The normalized spacial score (nSPS) is 17.9. The van der Waals surface area contributed by atoms with E-state index in [1.165, 1.54) is 37.1 Å². The van der Waals surface area contributed by atoms with Crippen LogP contribution < -0.4 is 10.6 Å². The summed E-state index contributed by atoms with van der Waals surface area (Å²) < 4.78 is 0. The molecule has 31 heavy (non-hydrogen) atoms. The van der Waals surface area contributed by atoms with E-state index < -0.39 is 0 Å². The van der Waals surface area contributed by atoms with Gasteiger partial charge in [0, 0.05) is 43.3 Å². The molecule has 3 heterocycles.